The number of anilines is 1. The summed E-state index contributed by atoms with van der Waals surface area (Å²) < 4.78 is 5.18. The number of thiophene rings is 2. The van der Waals surface area contributed by atoms with Crippen molar-refractivity contribution in [3.63, 3.8) is 0 Å². The monoisotopic (exact) mass is 430 g/mol. The van der Waals surface area contributed by atoms with Crippen molar-refractivity contribution in [3.8, 4) is 0 Å². The highest BCUT2D eigenvalue weighted by Gasteiger charge is 2.26. The predicted molar refractivity (Wildman–Crippen MR) is 115 cm³/mol. The van der Waals surface area contributed by atoms with E-state index in [2.05, 4.69) is 20.2 Å². The predicted octanol–water partition coefficient (Wildman–Crippen LogP) is 3.64. The molecule has 1 N–H and O–H groups in total. The number of ether oxygens (including phenoxy) is 1. The second-order valence-electron chi connectivity index (χ2n) is 6.87. The van der Waals surface area contributed by atoms with E-state index in [0.717, 1.165) is 52.4 Å². The van der Waals surface area contributed by atoms with Crippen molar-refractivity contribution in [1.82, 2.24) is 15.3 Å². The van der Waals surface area contributed by atoms with Crippen LogP contribution in [0.15, 0.2) is 23.8 Å². The smallest absolute Gasteiger partial charge is 0.348 e. The molecule has 0 atom stereocenters. The van der Waals surface area contributed by atoms with Crippen LogP contribution in [-0.2, 0) is 4.74 Å². The number of hydrogen-bond acceptors (Lipinski definition) is 8. The summed E-state index contributed by atoms with van der Waals surface area (Å²) in [4.78, 5) is 37.8. The van der Waals surface area contributed by atoms with Crippen LogP contribution < -0.4 is 10.2 Å². The Morgan fingerprint density at radius 2 is 2.10 bits per heavy atom. The summed E-state index contributed by atoms with van der Waals surface area (Å²) in [6.45, 7) is 5.63. The first kappa shape index (κ1) is 19.8. The number of fused-ring (bicyclic) bond motifs is 1. The van der Waals surface area contributed by atoms with E-state index in [1.807, 2.05) is 24.4 Å². The molecule has 0 spiro atoms. The van der Waals surface area contributed by atoms with E-state index in [0.29, 0.717) is 11.5 Å². The van der Waals surface area contributed by atoms with Gasteiger partial charge in [0.25, 0.3) is 5.91 Å². The fourth-order valence-corrected chi connectivity index (χ4v) is 5.25. The van der Waals surface area contributed by atoms with Crippen LogP contribution in [-0.4, -0.2) is 47.6 Å². The lowest BCUT2D eigenvalue weighted by molar-refractivity contribution is 0.0531. The second kappa shape index (κ2) is 8.46. The van der Waals surface area contributed by atoms with Gasteiger partial charge in [0.15, 0.2) is 0 Å². The molecule has 0 aromatic carbocycles. The van der Waals surface area contributed by atoms with Gasteiger partial charge in [-0.1, -0.05) is 6.07 Å². The van der Waals surface area contributed by atoms with E-state index >= 15 is 0 Å². The molecular formula is C20H22N4O3S2. The average Bonchev–Trinajstić information content (AvgIpc) is 3.37. The lowest BCUT2D eigenvalue weighted by atomic mass is 10.0. The second-order valence-corrected chi connectivity index (χ2v) is 8.81. The fourth-order valence-electron chi connectivity index (χ4n) is 3.58. The van der Waals surface area contributed by atoms with Crippen LogP contribution in [0.25, 0.3) is 10.2 Å². The fraction of sp³-hybridized carbons (Fsp3) is 0.400. The van der Waals surface area contributed by atoms with Gasteiger partial charge in [0.2, 0.25) is 0 Å². The Morgan fingerprint density at radius 1 is 1.31 bits per heavy atom. The number of nitrogens with one attached hydrogen (secondary N) is 1. The standard InChI is InChI=1S/C20H22N4O3S2/c1-3-27-20(26)16-12(2)15-17(21-11-22-19(15)29-16)24-8-6-13(7-9-24)23-18(25)14-5-4-10-28-14/h4-5,10-11,13H,3,6-9H2,1-2H3,(H,23,25). The molecule has 4 rings (SSSR count). The number of carbonyl (C=O) groups is 2. The molecule has 0 aliphatic carbocycles. The third-order valence-corrected chi connectivity index (χ3v) is 7.09. The highest BCUT2D eigenvalue weighted by molar-refractivity contribution is 7.20. The molecule has 0 saturated carbocycles. The van der Waals surface area contributed by atoms with Gasteiger partial charge in [0, 0.05) is 19.1 Å². The van der Waals surface area contributed by atoms with Gasteiger partial charge in [-0.05, 0) is 43.7 Å². The van der Waals surface area contributed by atoms with E-state index in [9.17, 15) is 9.59 Å². The number of piperidine rings is 1. The van der Waals surface area contributed by atoms with Gasteiger partial charge in [0.1, 0.15) is 21.9 Å². The third-order valence-electron chi connectivity index (χ3n) is 5.04. The minimum Gasteiger partial charge on any atom is -0.462 e. The Labute approximate surface area is 176 Å². The molecule has 0 unspecified atom stereocenters. The molecule has 1 amide bonds. The third kappa shape index (κ3) is 3.97. The Bertz CT molecular complexity index is 1020. The molecule has 29 heavy (non-hydrogen) atoms. The Morgan fingerprint density at radius 3 is 2.79 bits per heavy atom. The first-order valence-electron chi connectivity index (χ1n) is 9.59. The van der Waals surface area contributed by atoms with Gasteiger partial charge in [-0.3, -0.25) is 4.79 Å². The van der Waals surface area contributed by atoms with Gasteiger partial charge in [0.05, 0.1) is 16.9 Å². The van der Waals surface area contributed by atoms with Gasteiger partial charge in [-0.25, -0.2) is 14.8 Å². The molecule has 3 aromatic heterocycles. The maximum Gasteiger partial charge on any atom is 0.348 e. The molecule has 3 aromatic rings. The summed E-state index contributed by atoms with van der Waals surface area (Å²) in [5, 5.41) is 5.95. The number of amides is 1. The Kier molecular flexibility index (Phi) is 5.77. The van der Waals surface area contributed by atoms with Gasteiger partial charge < -0.3 is 15.0 Å². The van der Waals surface area contributed by atoms with Crippen molar-refractivity contribution >= 4 is 50.6 Å². The number of nitrogens with zero attached hydrogens (tertiary/aromatic N) is 3. The Hall–Kier alpha value is -2.52. The van der Waals surface area contributed by atoms with Crippen molar-refractivity contribution in [2.45, 2.75) is 32.7 Å². The molecule has 7 nitrogen and oxygen atoms in total. The van der Waals surface area contributed by atoms with Crippen LogP contribution in [0.1, 0.15) is 44.7 Å². The topological polar surface area (TPSA) is 84.4 Å². The van der Waals surface area contributed by atoms with Crippen LogP contribution in [0.2, 0.25) is 0 Å². The van der Waals surface area contributed by atoms with Crippen molar-refractivity contribution in [2.24, 2.45) is 0 Å². The summed E-state index contributed by atoms with van der Waals surface area (Å²) in [5.74, 6) is 0.534. The van der Waals surface area contributed by atoms with Crippen molar-refractivity contribution in [2.75, 3.05) is 24.6 Å². The summed E-state index contributed by atoms with van der Waals surface area (Å²) in [6.07, 6.45) is 3.24. The summed E-state index contributed by atoms with van der Waals surface area (Å²) >= 11 is 2.80. The largest absolute Gasteiger partial charge is 0.462 e. The zero-order valence-electron chi connectivity index (χ0n) is 16.3. The summed E-state index contributed by atoms with van der Waals surface area (Å²) in [6, 6.07) is 3.88. The lowest BCUT2D eigenvalue weighted by Crippen LogP contribution is -2.44. The van der Waals surface area contributed by atoms with Crippen LogP contribution >= 0.6 is 22.7 Å². The zero-order valence-corrected chi connectivity index (χ0v) is 17.9. The molecule has 1 saturated heterocycles. The molecule has 0 radical (unpaired) electrons. The normalized spacial score (nSPS) is 14.9. The van der Waals surface area contributed by atoms with Gasteiger partial charge in [-0.15, -0.1) is 22.7 Å². The van der Waals surface area contributed by atoms with Gasteiger partial charge >= 0.3 is 5.97 Å². The van der Waals surface area contributed by atoms with Gasteiger partial charge in [-0.2, -0.15) is 0 Å². The number of aromatic nitrogens is 2. The molecule has 1 fully saturated rings. The zero-order chi connectivity index (χ0) is 20.4. The lowest BCUT2D eigenvalue weighted by Gasteiger charge is -2.33. The number of esters is 1. The van der Waals surface area contributed by atoms with Crippen LogP contribution in [0.4, 0.5) is 5.82 Å². The summed E-state index contributed by atoms with van der Waals surface area (Å²) in [7, 11) is 0. The average molecular weight is 431 g/mol. The maximum atomic E-state index is 12.3. The minimum absolute atomic E-state index is 0.00404. The van der Waals surface area contributed by atoms with Crippen molar-refractivity contribution in [3.05, 3.63) is 39.2 Å². The molecule has 152 valence electrons. The number of aryl methyl sites for hydroxylation is 1. The number of carbonyl (C=O) groups excluding carboxylic acids is 2. The molecule has 1 aliphatic heterocycles. The summed E-state index contributed by atoms with van der Waals surface area (Å²) in [5.41, 5.74) is 0.868. The Balaban J connectivity index is 1.49. The van der Waals surface area contributed by atoms with E-state index < -0.39 is 0 Å². The minimum atomic E-state index is -0.311. The molecule has 0 bridgehead atoms. The maximum absolute atomic E-state index is 12.3. The van der Waals surface area contributed by atoms with Crippen molar-refractivity contribution < 1.29 is 14.3 Å². The molecule has 1 aliphatic rings. The van der Waals surface area contributed by atoms with E-state index in [1.54, 1.807) is 13.3 Å². The van der Waals surface area contributed by atoms with Crippen molar-refractivity contribution in [1.29, 1.82) is 0 Å². The number of hydrogen-bond donors (Lipinski definition) is 1. The van der Waals surface area contributed by atoms with E-state index in [-0.39, 0.29) is 17.9 Å². The van der Waals surface area contributed by atoms with E-state index in [4.69, 9.17) is 4.74 Å². The van der Waals surface area contributed by atoms with E-state index in [1.165, 1.54) is 22.7 Å². The van der Waals surface area contributed by atoms with Crippen LogP contribution in [0.3, 0.4) is 0 Å². The first-order chi connectivity index (χ1) is 14.1. The SMILES string of the molecule is CCOC(=O)c1sc2ncnc(N3CCC(NC(=O)c4cccs4)CC3)c2c1C. The number of rotatable bonds is 5. The molecular weight excluding hydrogens is 408 g/mol. The highest BCUT2D eigenvalue weighted by Crippen LogP contribution is 2.36. The molecule has 9 heteroatoms. The quantitative estimate of drug-likeness (QED) is 0.622. The first-order valence-corrected chi connectivity index (χ1v) is 11.3. The van der Waals surface area contributed by atoms with Crippen LogP contribution in [0, 0.1) is 6.92 Å². The molecule has 4 heterocycles. The van der Waals surface area contributed by atoms with Crippen LogP contribution in [0.5, 0.6) is 0 Å². The highest BCUT2D eigenvalue weighted by atomic mass is 32.1.